The van der Waals surface area contributed by atoms with Gasteiger partial charge in [-0.15, -0.1) is 0 Å². The first-order valence-corrected chi connectivity index (χ1v) is 7.27. The lowest BCUT2D eigenvalue weighted by Gasteiger charge is -2.20. The maximum atomic E-state index is 4.59. The van der Waals surface area contributed by atoms with Crippen LogP contribution in [-0.4, -0.2) is 16.5 Å². The highest BCUT2D eigenvalue weighted by Crippen LogP contribution is 2.21. The van der Waals surface area contributed by atoms with E-state index in [9.17, 15) is 0 Å². The molecule has 3 nitrogen and oxygen atoms in total. The topological polar surface area (TPSA) is 37.8 Å². The van der Waals surface area contributed by atoms with Crippen molar-refractivity contribution in [2.45, 2.75) is 39.7 Å². The first-order chi connectivity index (χ1) is 9.70. The summed E-state index contributed by atoms with van der Waals surface area (Å²) in [5, 5.41) is 3.63. The SMILES string of the molecule is CCCNC(Cc1cccnc1)c1ccc(C)nc1C. The average molecular weight is 269 g/mol. The molecule has 1 atom stereocenters. The van der Waals surface area contributed by atoms with Gasteiger partial charge in [-0.05, 0) is 56.5 Å². The van der Waals surface area contributed by atoms with Gasteiger partial charge in [-0.1, -0.05) is 19.1 Å². The van der Waals surface area contributed by atoms with E-state index >= 15 is 0 Å². The van der Waals surface area contributed by atoms with Gasteiger partial charge in [-0.2, -0.15) is 0 Å². The maximum absolute atomic E-state index is 4.59. The van der Waals surface area contributed by atoms with Gasteiger partial charge in [0, 0.05) is 29.8 Å². The third-order valence-electron chi connectivity index (χ3n) is 3.44. The van der Waals surface area contributed by atoms with Gasteiger partial charge < -0.3 is 5.32 Å². The Morgan fingerprint density at radius 2 is 2.05 bits per heavy atom. The fourth-order valence-corrected chi connectivity index (χ4v) is 2.43. The molecular weight excluding hydrogens is 246 g/mol. The molecule has 0 fully saturated rings. The van der Waals surface area contributed by atoms with Gasteiger partial charge in [0.05, 0.1) is 0 Å². The summed E-state index contributed by atoms with van der Waals surface area (Å²) in [6.07, 6.45) is 5.83. The molecule has 1 N–H and O–H groups in total. The van der Waals surface area contributed by atoms with Gasteiger partial charge in [0.2, 0.25) is 0 Å². The molecule has 0 spiro atoms. The van der Waals surface area contributed by atoms with Crippen LogP contribution in [0.2, 0.25) is 0 Å². The number of nitrogens with one attached hydrogen (secondary N) is 1. The molecule has 0 aliphatic heterocycles. The minimum atomic E-state index is 0.298. The van der Waals surface area contributed by atoms with Crippen LogP contribution >= 0.6 is 0 Å². The molecule has 2 aromatic heterocycles. The van der Waals surface area contributed by atoms with Gasteiger partial charge in [0.25, 0.3) is 0 Å². The molecule has 0 radical (unpaired) electrons. The molecule has 0 aliphatic carbocycles. The van der Waals surface area contributed by atoms with Crippen molar-refractivity contribution in [2.75, 3.05) is 6.54 Å². The van der Waals surface area contributed by atoms with Gasteiger partial charge in [-0.25, -0.2) is 0 Å². The fourth-order valence-electron chi connectivity index (χ4n) is 2.43. The molecule has 2 rings (SSSR count). The minimum absolute atomic E-state index is 0.298. The highest BCUT2D eigenvalue weighted by Gasteiger charge is 2.14. The Morgan fingerprint density at radius 1 is 1.20 bits per heavy atom. The summed E-state index contributed by atoms with van der Waals surface area (Å²) >= 11 is 0. The second-order valence-electron chi connectivity index (χ2n) is 5.20. The Morgan fingerprint density at radius 3 is 2.70 bits per heavy atom. The summed E-state index contributed by atoms with van der Waals surface area (Å²) in [5.74, 6) is 0. The van der Waals surface area contributed by atoms with E-state index in [2.05, 4.69) is 47.3 Å². The van der Waals surface area contributed by atoms with Crippen LogP contribution in [-0.2, 0) is 6.42 Å². The lowest BCUT2D eigenvalue weighted by molar-refractivity contribution is 0.524. The molecular formula is C17H23N3. The summed E-state index contributed by atoms with van der Waals surface area (Å²) in [6, 6.07) is 8.71. The first-order valence-electron chi connectivity index (χ1n) is 7.27. The minimum Gasteiger partial charge on any atom is -0.310 e. The first kappa shape index (κ1) is 14.7. The molecule has 3 heteroatoms. The average Bonchev–Trinajstić information content (AvgIpc) is 2.45. The summed E-state index contributed by atoms with van der Waals surface area (Å²) in [6.45, 7) is 7.32. The smallest absolute Gasteiger partial charge is 0.0423 e. The third kappa shape index (κ3) is 3.87. The highest BCUT2D eigenvalue weighted by molar-refractivity contribution is 5.27. The Bertz CT molecular complexity index is 537. The highest BCUT2D eigenvalue weighted by atomic mass is 14.9. The number of aromatic nitrogens is 2. The zero-order valence-corrected chi connectivity index (χ0v) is 12.6. The van der Waals surface area contributed by atoms with E-state index in [0.29, 0.717) is 6.04 Å². The van der Waals surface area contributed by atoms with E-state index in [-0.39, 0.29) is 0 Å². The van der Waals surface area contributed by atoms with Crippen LogP contribution in [0.25, 0.3) is 0 Å². The predicted octanol–water partition coefficient (Wildman–Crippen LogP) is 3.38. The Hall–Kier alpha value is -1.74. The van der Waals surface area contributed by atoms with E-state index in [1.54, 1.807) is 0 Å². The van der Waals surface area contributed by atoms with Gasteiger partial charge in [0.1, 0.15) is 0 Å². The molecule has 0 aromatic carbocycles. The molecule has 1 unspecified atom stereocenters. The van der Waals surface area contributed by atoms with E-state index in [1.807, 2.05) is 25.4 Å². The van der Waals surface area contributed by atoms with Crippen molar-refractivity contribution in [1.29, 1.82) is 0 Å². The number of rotatable bonds is 6. The summed E-state index contributed by atoms with van der Waals surface area (Å²) < 4.78 is 0. The van der Waals surface area contributed by atoms with E-state index in [4.69, 9.17) is 0 Å². The number of aryl methyl sites for hydroxylation is 2. The van der Waals surface area contributed by atoms with Crippen LogP contribution in [0.3, 0.4) is 0 Å². The van der Waals surface area contributed by atoms with Crippen LogP contribution in [0.15, 0.2) is 36.7 Å². The molecule has 0 amide bonds. The van der Waals surface area contributed by atoms with Gasteiger partial charge in [0.15, 0.2) is 0 Å². The quantitative estimate of drug-likeness (QED) is 0.873. The van der Waals surface area contributed by atoms with Crippen molar-refractivity contribution < 1.29 is 0 Å². The van der Waals surface area contributed by atoms with Crippen molar-refractivity contribution in [3.63, 3.8) is 0 Å². The largest absolute Gasteiger partial charge is 0.310 e. The molecule has 20 heavy (non-hydrogen) atoms. The standard InChI is InChI=1S/C17H23N3/c1-4-9-19-17(11-15-6-5-10-18-12-15)16-8-7-13(2)20-14(16)3/h5-8,10,12,17,19H,4,9,11H2,1-3H3. The second kappa shape index (κ2) is 7.15. The van der Waals surface area contributed by atoms with E-state index in [1.165, 1.54) is 11.1 Å². The van der Waals surface area contributed by atoms with Crippen molar-refractivity contribution in [2.24, 2.45) is 0 Å². The molecule has 0 saturated carbocycles. The molecule has 0 bridgehead atoms. The van der Waals surface area contributed by atoms with Gasteiger partial charge in [-0.3, -0.25) is 9.97 Å². The van der Waals surface area contributed by atoms with Crippen LogP contribution < -0.4 is 5.32 Å². The van der Waals surface area contributed by atoms with Crippen LogP contribution in [0, 0.1) is 13.8 Å². The van der Waals surface area contributed by atoms with Crippen LogP contribution in [0.1, 0.15) is 41.9 Å². The van der Waals surface area contributed by atoms with Crippen LogP contribution in [0.5, 0.6) is 0 Å². The number of nitrogens with zero attached hydrogens (tertiary/aromatic N) is 2. The molecule has 106 valence electrons. The maximum Gasteiger partial charge on any atom is 0.0423 e. The second-order valence-corrected chi connectivity index (χ2v) is 5.20. The zero-order valence-electron chi connectivity index (χ0n) is 12.6. The molecule has 2 aromatic rings. The Balaban J connectivity index is 2.22. The lowest BCUT2D eigenvalue weighted by Crippen LogP contribution is -2.25. The normalized spacial score (nSPS) is 12.3. The van der Waals surface area contributed by atoms with Gasteiger partial charge >= 0.3 is 0 Å². The predicted molar refractivity (Wildman–Crippen MR) is 82.7 cm³/mol. The van der Waals surface area contributed by atoms with E-state index in [0.717, 1.165) is 30.8 Å². The monoisotopic (exact) mass is 269 g/mol. The summed E-state index contributed by atoms with van der Waals surface area (Å²) in [4.78, 5) is 8.79. The summed E-state index contributed by atoms with van der Waals surface area (Å²) in [5.41, 5.74) is 4.72. The fraction of sp³-hybridized carbons (Fsp3) is 0.412. The van der Waals surface area contributed by atoms with Crippen molar-refractivity contribution >= 4 is 0 Å². The van der Waals surface area contributed by atoms with E-state index < -0.39 is 0 Å². The number of pyridine rings is 2. The number of hydrogen-bond acceptors (Lipinski definition) is 3. The Labute approximate surface area is 121 Å². The molecule has 0 saturated heterocycles. The van der Waals surface area contributed by atoms with Crippen LogP contribution in [0.4, 0.5) is 0 Å². The lowest BCUT2D eigenvalue weighted by atomic mass is 9.98. The van der Waals surface area contributed by atoms with Crippen molar-refractivity contribution in [1.82, 2.24) is 15.3 Å². The van der Waals surface area contributed by atoms with Crippen molar-refractivity contribution in [3.8, 4) is 0 Å². The third-order valence-corrected chi connectivity index (χ3v) is 3.44. The molecule has 2 heterocycles. The molecule has 0 aliphatic rings. The summed E-state index contributed by atoms with van der Waals surface area (Å²) in [7, 11) is 0. The van der Waals surface area contributed by atoms with Crippen molar-refractivity contribution in [3.05, 3.63) is 59.2 Å². The zero-order chi connectivity index (χ0) is 14.4. The Kier molecular flexibility index (Phi) is 5.24. The number of hydrogen-bond donors (Lipinski definition) is 1.